The third-order valence-electron chi connectivity index (χ3n) is 4.79. The standard InChI is InChI=1S/C22H27N3O3/c1-18(23-21(26)17-28-20-10-6-3-7-11-20)22(27)25-14-12-24(13-15-25)16-19-8-4-2-5-9-19/h2-11,18H,12-17H2,1H3,(H,23,26)/t18-/m1/s1. The molecule has 28 heavy (non-hydrogen) atoms. The summed E-state index contributed by atoms with van der Waals surface area (Å²) < 4.78 is 5.42. The summed E-state index contributed by atoms with van der Waals surface area (Å²) in [4.78, 5) is 28.8. The molecule has 2 aromatic carbocycles. The SMILES string of the molecule is C[C@@H](NC(=O)COc1ccccc1)C(=O)N1CCN(Cc2ccccc2)CC1. The molecule has 1 saturated heterocycles. The van der Waals surface area contributed by atoms with Crippen LogP contribution in [0.2, 0.25) is 0 Å². The van der Waals surface area contributed by atoms with Crippen molar-refractivity contribution in [3.05, 3.63) is 66.2 Å². The van der Waals surface area contributed by atoms with Gasteiger partial charge in [0.05, 0.1) is 0 Å². The lowest BCUT2D eigenvalue weighted by atomic mass is 10.2. The first-order valence-corrected chi connectivity index (χ1v) is 9.64. The molecule has 2 amide bonds. The summed E-state index contributed by atoms with van der Waals surface area (Å²) in [7, 11) is 0. The van der Waals surface area contributed by atoms with Crippen molar-refractivity contribution in [2.24, 2.45) is 0 Å². The minimum atomic E-state index is -0.562. The molecule has 0 bridgehead atoms. The number of piperazine rings is 1. The van der Waals surface area contributed by atoms with E-state index in [2.05, 4.69) is 22.3 Å². The van der Waals surface area contributed by atoms with E-state index in [1.807, 2.05) is 41.3 Å². The first-order valence-electron chi connectivity index (χ1n) is 9.64. The number of rotatable bonds is 7. The lowest BCUT2D eigenvalue weighted by Gasteiger charge is -2.36. The van der Waals surface area contributed by atoms with E-state index in [4.69, 9.17) is 4.74 Å². The molecule has 2 aromatic rings. The third kappa shape index (κ3) is 5.82. The van der Waals surface area contributed by atoms with E-state index in [0.717, 1.165) is 19.6 Å². The molecule has 148 valence electrons. The van der Waals surface area contributed by atoms with Crippen LogP contribution in [0.3, 0.4) is 0 Å². The highest BCUT2D eigenvalue weighted by Gasteiger charge is 2.25. The summed E-state index contributed by atoms with van der Waals surface area (Å²) in [5.74, 6) is 0.283. The number of hydrogen-bond donors (Lipinski definition) is 1. The fourth-order valence-corrected chi connectivity index (χ4v) is 3.25. The monoisotopic (exact) mass is 381 g/mol. The van der Waals surface area contributed by atoms with Crippen LogP contribution >= 0.6 is 0 Å². The van der Waals surface area contributed by atoms with Crippen molar-refractivity contribution < 1.29 is 14.3 Å². The number of hydrogen-bond acceptors (Lipinski definition) is 4. The third-order valence-corrected chi connectivity index (χ3v) is 4.79. The Morgan fingerprint density at radius 1 is 0.964 bits per heavy atom. The van der Waals surface area contributed by atoms with Crippen molar-refractivity contribution in [3.8, 4) is 5.75 Å². The summed E-state index contributed by atoms with van der Waals surface area (Å²) in [5.41, 5.74) is 1.28. The maximum absolute atomic E-state index is 12.6. The van der Waals surface area contributed by atoms with Crippen molar-refractivity contribution >= 4 is 11.8 Å². The average molecular weight is 381 g/mol. The van der Waals surface area contributed by atoms with Crippen molar-refractivity contribution in [2.75, 3.05) is 32.8 Å². The maximum atomic E-state index is 12.6. The number of carbonyl (C=O) groups is 2. The van der Waals surface area contributed by atoms with Gasteiger partial charge in [-0.1, -0.05) is 48.5 Å². The van der Waals surface area contributed by atoms with Crippen molar-refractivity contribution in [1.82, 2.24) is 15.1 Å². The number of nitrogens with zero attached hydrogens (tertiary/aromatic N) is 2. The molecule has 0 unspecified atom stereocenters. The van der Waals surface area contributed by atoms with Gasteiger partial charge in [-0.15, -0.1) is 0 Å². The van der Waals surface area contributed by atoms with E-state index >= 15 is 0 Å². The Kier molecular flexibility index (Phi) is 7.03. The molecule has 0 spiro atoms. The van der Waals surface area contributed by atoms with Crippen LogP contribution in [0, 0.1) is 0 Å². The average Bonchev–Trinajstić information content (AvgIpc) is 2.74. The van der Waals surface area contributed by atoms with E-state index in [1.54, 1.807) is 19.1 Å². The number of ether oxygens (including phenoxy) is 1. The Bertz CT molecular complexity index is 759. The first-order chi connectivity index (χ1) is 13.6. The Morgan fingerprint density at radius 2 is 1.57 bits per heavy atom. The highest BCUT2D eigenvalue weighted by atomic mass is 16.5. The maximum Gasteiger partial charge on any atom is 0.258 e. The second-order valence-electron chi connectivity index (χ2n) is 6.98. The van der Waals surface area contributed by atoms with Crippen molar-refractivity contribution in [3.63, 3.8) is 0 Å². The van der Waals surface area contributed by atoms with Crippen LogP contribution in [0.4, 0.5) is 0 Å². The van der Waals surface area contributed by atoms with Gasteiger partial charge in [-0.25, -0.2) is 0 Å². The van der Waals surface area contributed by atoms with Gasteiger partial charge in [0, 0.05) is 32.7 Å². The molecule has 0 aromatic heterocycles. The fraction of sp³-hybridized carbons (Fsp3) is 0.364. The molecular formula is C22H27N3O3. The Hall–Kier alpha value is -2.86. The Morgan fingerprint density at radius 3 is 2.21 bits per heavy atom. The predicted octanol–water partition coefficient (Wildman–Crippen LogP) is 1.91. The van der Waals surface area contributed by atoms with E-state index in [1.165, 1.54) is 5.56 Å². The van der Waals surface area contributed by atoms with Gasteiger partial charge in [0.15, 0.2) is 6.61 Å². The van der Waals surface area contributed by atoms with Crippen LogP contribution < -0.4 is 10.1 Å². The molecule has 1 aliphatic rings. The van der Waals surface area contributed by atoms with Crippen LogP contribution in [0.1, 0.15) is 12.5 Å². The van der Waals surface area contributed by atoms with Crippen LogP contribution in [0.25, 0.3) is 0 Å². The largest absolute Gasteiger partial charge is 0.484 e. The summed E-state index contributed by atoms with van der Waals surface area (Å²) in [6.45, 7) is 5.52. The van der Waals surface area contributed by atoms with Gasteiger partial charge in [-0.2, -0.15) is 0 Å². The second kappa shape index (κ2) is 9.90. The van der Waals surface area contributed by atoms with Crippen LogP contribution in [-0.2, 0) is 16.1 Å². The number of para-hydroxylation sites is 1. The molecular weight excluding hydrogens is 354 g/mol. The van der Waals surface area contributed by atoms with E-state index in [9.17, 15) is 9.59 Å². The smallest absolute Gasteiger partial charge is 0.258 e. The zero-order chi connectivity index (χ0) is 19.8. The lowest BCUT2D eigenvalue weighted by molar-refractivity contribution is -0.137. The second-order valence-corrected chi connectivity index (χ2v) is 6.98. The highest BCUT2D eigenvalue weighted by molar-refractivity contribution is 5.87. The first kappa shape index (κ1) is 19.9. The number of nitrogens with one attached hydrogen (secondary N) is 1. The molecule has 3 rings (SSSR count). The van der Waals surface area contributed by atoms with Gasteiger partial charge in [-0.3, -0.25) is 14.5 Å². The summed E-state index contributed by atoms with van der Waals surface area (Å²) in [6.07, 6.45) is 0. The van der Waals surface area contributed by atoms with Crippen molar-refractivity contribution in [2.45, 2.75) is 19.5 Å². The minimum Gasteiger partial charge on any atom is -0.484 e. The zero-order valence-electron chi connectivity index (χ0n) is 16.2. The minimum absolute atomic E-state index is 0.0487. The Labute approximate surface area is 166 Å². The normalized spacial score (nSPS) is 15.7. The van der Waals surface area contributed by atoms with Crippen LogP contribution in [0.5, 0.6) is 5.75 Å². The van der Waals surface area contributed by atoms with Gasteiger partial charge in [-0.05, 0) is 24.6 Å². The number of amides is 2. The Balaban J connectivity index is 1.39. The molecule has 0 radical (unpaired) electrons. The predicted molar refractivity (Wildman–Crippen MR) is 108 cm³/mol. The molecule has 0 aliphatic carbocycles. The highest BCUT2D eigenvalue weighted by Crippen LogP contribution is 2.10. The quantitative estimate of drug-likeness (QED) is 0.796. The molecule has 6 nitrogen and oxygen atoms in total. The van der Waals surface area contributed by atoms with Gasteiger partial charge >= 0.3 is 0 Å². The van der Waals surface area contributed by atoms with Gasteiger partial charge in [0.1, 0.15) is 11.8 Å². The zero-order valence-corrected chi connectivity index (χ0v) is 16.2. The van der Waals surface area contributed by atoms with Crippen LogP contribution in [-0.4, -0.2) is 60.4 Å². The van der Waals surface area contributed by atoms with Gasteiger partial charge < -0.3 is 15.0 Å². The number of carbonyl (C=O) groups excluding carboxylic acids is 2. The fourth-order valence-electron chi connectivity index (χ4n) is 3.25. The van der Waals surface area contributed by atoms with Gasteiger partial charge in [0.2, 0.25) is 5.91 Å². The van der Waals surface area contributed by atoms with Gasteiger partial charge in [0.25, 0.3) is 5.91 Å². The topological polar surface area (TPSA) is 61.9 Å². The van der Waals surface area contributed by atoms with Crippen molar-refractivity contribution in [1.29, 1.82) is 0 Å². The summed E-state index contributed by atoms with van der Waals surface area (Å²) in [6, 6.07) is 18.9. The molecule has 0 saturated carbocycles. The molecule has 1 atom stereocenters. The molecule has 1 fully saturated rings. The number of benzene rings is 2. The van der Waals surface area contributed by atoms with E-state index in [-0.39, 0.29) is 18.4 Å². The molecule has 1 heterocycles. The van der Waals surface area contributed by atoms with E-state index in [0.29, 0.717) is 18.8 Å². The molecule has 1 aliphatic heterocycles. The van der Waals surface area contributed by atoms with E-state index < -0.39 is 6.04 Å². The van der Waals surface area contributed by atoms with Crippen LogP contribution in [0.15, 0.2) is 60.7 Å². The molecule has 6 heteroatoms. The summed E-state index contributed by atoms with van der Waals surface area (Å²) >= 11 is 0. The summed E-state index contributed by atoms with van der Waals surface area (Å²) in [5, 5.41) is 2.73. The molecule has 1 N–H and O–H groups in total. The lowest BCUT2D eigenvalue weighted by Crippen LogP contribution is -2.54.